The van der Waals surface area contributed by atoms with E-state index in [1.165, 1.54) is 0 Å². The third-order valence-corrected chi connectivity index (χ3v) is 2.70. The number of nitrogens with one attached hydrogen (secondary N) is 1. The van der Waals surface area contributed by atoms with Gasteiger partial charge in [-0.3, -0.25) is 0 Å². The molecule has 0 aliphatic rings. The van der Waals surface area contributed by atoms with Crippen LogP contribution in [0.1, 0.15) is 46.7 Å². The van der Waals surface area contributed by atoms with Crippen LogP contribution in [0.15, 0.2) is 12.1 Å². The van der Waals surface area contributed by atoms with Crippen LogP contribution in [-0.4, -0.2) is 28.8 Å². The Kier molecular flexibility index (Phi) is 5.54. The molecule has 0 fully saturated rings. The quantitative estimate of drug-likeness (QED) is 0.842. The average molecular weight is 250 g/mol. The molecular formula is C14H26N4. The molecule has 0 unspecified atom stereocenters. The molecule has 1 heterocycles. The number of hydrogen-bond donors (Lipinski definition) is 1. The van der Waals surface area contributed by atoms with Gasteiger partial charge in [-0.25, -0.2) is 0 Å². The summed E-state index contributed by atoms with van der Waals surface area (Å²) in [7, 11) is 0. The summed E-state index contributed by atoms with van der Waals surface area (Å²) in [4.78, 5) is 2.24. The Morgan fingerprint density at radius 2 is 1.89 bits per heavy atom. The highest BCUT2D eigenvalue weighted by Gasteiger charge is 2.10. The minimum absolute atomic E-state index is 0.109. The SMILES string of the molecule is CCCN(CC)c1ccc(CNC(C)(C)C)nn1. The summed E-state index contributed by atoms with van der Waals surface area (Å²) in [5.41, 5.74) is 1.10. The molecule has 4 nitrogen and oxygen atoms in total. The van der Waals surface area contributed by atoms with E-state index >= 15 is 0 Å². The fourth-order valence-corrected chi connectivity index (χ4v) is 1.68. The van der Waals surface area contributed by atoms with Crippen LogP contribution in [0.3, 0.4) is 0 Å². The third-order valence-electron chi connectivity index (χ3n) is 2.70. The van der Waals surface area contributed by atoms with E-state index in [0.717, 1.165) is 37.6 Å². The topological polar surface area (TPSA) is 41.0 Å². The van der Waals surface area contributed by atoms with Crippen LogP contribution in [-0.2, 0) is 6.54 Å². The zero-order chi connectivity index (χ0) is 13.6. The van der Waals surface area contributed by atoms with E-state index in [1.54, 1.807) is 0 Å². The van der Waals surface area contributed by atoms with E-state index in [0.29, 0.717) is 0 Å². The van der Waals surface area contributed by atoms with Crippen LogP contribution >= 0.6 is 0 Å². The van der Waals surface area contributed by atoms with Crippen molar-refractivity contribution in [2.45, 2.75) is 53.1 Å². The highest BCUT2D eigenvalue weighted by molar-refractivity contribution is 5.36. The lowest BCUT2D eigenvalue weighted by Crippen LogP contribution is -2.35. The Hall–Kier alpha value is -1.16. The molecule has 4 heteroatoms. The predicted octanol–water partition coefficient (Wildman–Crippen LogP) is 2.60. The van der Waals surface area contributed by atoms with Gasteiger partial charge in [-0.2, -0.15) is 5.10 Å². The second-order valence-corrected chi connectivity index (χ2v) is 5.57. The van der Waals surface area contributed by atoms with Gasteiger partial charge in [0.2, 0.25) is 0 Å². The molecule has 0 amide bonds. The fourth-order valence-electron chi connectivity index (χ4n) is 1.68. The van der Waals surface area contributed by atoms with Gasteiger partial charge in [-0.1, -0.05) is 6.92 Å². The first-order valence-electron chi connectivity index (χ1n) is 6.79. The molecule has 1 aromatic heterocycles. The number of anilines is 1. The van der Waals surface area contributed by atoms with Gasteiger partial charge >= 0.3 is 0 Å². The molecule has 0 atom stereocenters. The maximum atomic E-state index is 4.31. The molecule has 0 saturated carbocycles. The van der Waals surface area contributed by atoms with Crippen molar-refractivity contribution in [2.75, 3.05) is 18.0 Å². The smallest absolute Gasteiger partial charge is 0.151 e. The van der Waals surface area contributed by atoms with Crippen LogP contribution < -0.4 is 10.2 Å². The normalized spacial score (nSPS) is 11.6. The Labute approximate surface area is 111 Å². The molecule has 0 saturated heterocycles. The number of hydrogen-bond acceptors (Lipinski definition) is 4. The van der Waals surface area contributed by atoms with Gasteiger partial charge in [-0.05, 0) is 46.2 Å². The summed E-state index contributed by atoms with van der Waals surface area (Å²) in [5.74, 6) is 0.971. The molecule has 1 aromatic rings. The number of rotatable bonds is 6. The molecule has 0 aliphatic heterocycles. The van der Waals surface area contributed by atoms with Crippen LogP contribution in [0, 0.1) is 0 Å². The predicted molar refractivity (Wildman–Crippen MR) is 76.8 cm³/mol. The van der Waals surface area contributed by atoms with Gasteiger partial charge in [0.25, 0.3) is 0 Å². The molecule has 0 radical (unpaired) electrons. The van der Waals surface area contributed by atoms with E-state index < -0.39 is 0 Å². The van der Waals surface area contributed by atoms with Crippen LogP contribution in [0.25, 0.3) is 0 Å². The van der Waals surface area contributed by atoms with Crippen molar-refractivity contribution < 1.29 is 0 Å². The summed E-state index contributed by atoms with van der Waals surface area (Å²) in [6, 6.07) is 4.12. The maximum absolute atomic E-state index is 4.31. The van der Waals surface area contributed by atoms with E-state index in [9.17, 15) is 0 Å². The van der Waals surface area contributed by atoms with Gasteiger partial charge < -0.3 is 10.2 Å². The lowest BCUT2D eigenvalue weighted by Gasteiger charge is -2.22. The first kappa shape index (κ1) is 14.9. The molecule has 0 aliphatic carbocycles. The fraction of sp³-hybridized carbons (Fsp3) is 0.714. The minimum atomic E-state index is 0.109. The molecule has 18 heavy (non-hydrogen) atoms. The number of nitrogens with zero attached hydrogens (tertiary/aromatic N) is 3. The van der Waals surface area contributed by atoms with Gasteiger partial charge in [-0.15, -0.1) is 5.10 Å². The summed E-state index contributed by atoms with van der Waals surface area (Å²) < 4.78 is 0. The van der Waals surface area contributed by atoms with Gasteiger partial charge in [0.15, 0.2) is 5.82 Å². The molecule has 0 bridgehead atoms. The highest BCUT2D eigenvalue weighted by atomic mass is 15.3. The van der Waals surface area contributed by atoms with Gasteiger partial charge in [0.1, 0.15) is 0 Å². The number of aromatic nitrogens is 2. The third kappa shape index (κ3) is 5.00. The van der Waals surface area contributed by atoms with E-state index in [-0.39, 0.29) is 5.54 Å². The molecule has 0 spiro atoms. The first-order valence-corrected chi connectivity index (χ1v) is 6.79. The second-order valence-electron chi connectivity index (χ2n) is 5.57. The monoisotopic (exact) mass is 250 g/mol. The van der Waals surface area contributed by atoms with Crippen LogP contribution in [0.5, 0.6) is 0 Å². The zero-order valence-corrected chi connectivity index (χ0v) is 12.3. The van der Waals surface area contributed by atoms with E-state index in [1.807, 2.05) is 0 Å². The second kappa shape index (κ2) is 6.69. The summed E-state index contributed by atoms with van der Waals surface area (Å²) in [5, 5.41) is 12.0. The maximum Gasteiger partial charge on any atom is 0.151 e. The molecule has 102 valence electrons. The first-order chi connectivity index (χ1) is 8.46. The molecular weight excluding hydrogens is 224 g/mol. The van der Waals surface area contributed by atoms with E-state index in [4.69, 9.17) is 0 Å². The molecule has 1 N–H and O–H groups in total. The van der Waals surface area contributed by atoms with Crippen molar-refractivity contribution in [3.63, 3.8) is 0 Å². The Balaban J connectivity index is 2.61. The average Bonchev–Trinajstić information content (AvgIpc) is 2.33. The standard InChI is InChI=1S/C14H26N4/c1-6-10-18(7-2)13-9-8-12(16-17-13)11-15-14(3,4)5/h8-9,15H,6-7,10-11H2,1-5H3. The van der Waals surface area contributed by atoms with Crippen molar-refractivity contribution in [1.82, 2.24) is 15.5 Å². The Bertz CT molecular complexity index is 340. The molecule has 1 rings (SSSR count). The Morgan fingerprint density at radius 1 is 1.17 bits per heavy atom. The molecule has 0 aromatic carbocycles. The zero-order valence-electron chi connectivity index (χ0n) is 12.3. The van der Waals surface area contributed by atoms with Crippen molar-refractivity contribution in [3.05, 3.63) is 17.8 Å². The Morgan fingerprint density at radius 3 is 2.33 bits per heavy atom. The van der Waals surface area contributed by atoms with Crippen LogP contribution in [0.2, 0.25) is 0 Å². The van der Waals surface area contributed by atoms with Gasteiger partial charge in [0.05, 0.1) is 5.69 Å². The highest BCUT2D eigenvalue weighted by Crippen LogP contribution is 2.10. The lowest BCUT2D eigenvalue weighted by molar-refractivity contribution is 0.420. The van der Waals surface area contributed by atoms with E-state index in [2.05, 4.69) is 67.2 Å². The van der Waals surface area contributed by atoms with Gasteiger partial charge in [0, 0.05) is 25.2 Å². The van der Waals surface area contributed by atoms with Crippen molar-refractivity contribution in [3.8, 4) is 0 Å². The minimum Gasteiger partial charge on any atom is -0.355 e. The van der Waals surface area contributed by atoms with Crippen molar-refractivity contribution in [2.24, 2.45) is 0 Å². The van der Waals surface area contributed by atoms with Crippen molar-refractivity contribution in [1.29, 1.82) is 0 Å². The summed E-state index contributed by atoms with van der Waals surface area (Å²) >= 11 is 0. The van der Waals surface area contributed by atoms with Crippen molar-refractivity contribution >= 4 is 5.82 Å². The largest absolute Gasteiger partial charge is 0.355 e. The van der Waals surface area contributed by atoms with Crippen LogP contribution in [0.4, 0.5) is 5.82 Å². The summed E-state index contributed by atoms with van der Waals surface area (Å²) in [6.45, 7) is 13.5. The lowest BCUT2D eigenvalue weighted by atomic mass is 10.1. The summed E-state index contributed by atoms with van der Waals surface area (Å²) in [6.07, 6.45) is 1.13.